The topological polar surface area (TPSA) is 107 Å². The number of allylic oxidation sites excluding steroid dienone is 4. The van der Waals surface area contributed by atoms with Crippen molar-refractivity contribution in [2.75, 3.05) is 6.61 Å². The lowest BCUT2D eigenvalue weighted by Gasteiger charge is -2.62. The van der Waals surface area contributed by atoms with E-state index in [0.29, 0.717) is 0 Å². The Kier molecular flexibility index (Phi) is 5.90. The fourth-order valence-corrected chi connectivity index (χ4v) is 7.87. The van der Waals surface area contributed by atoms with Gasteiger partial charge in [-0.15, -0.1) is 0 Å². The van der Waals surface area contributed by atoms with E-state index >= 15 is 8.78 Å². The molecule has 0 aromatic heterocycles. The Morgan fingerprint density at radius 1 is 1.17 bits per heavy atom. The zero-order valence-corrected chi connectivity index (χ0v) is 20.7. The molecule has 2 fully saturated rings. The molecule has 35 heavy (non-hydrogen) atoms. The molecule has 0 heterocycles. The highest BCUT2D eigenvalue weighted by Crippen LogP contribution is 2.71. The first-order valence-corrected chi connectivity index (χ1v) is 12.0. The highest BCUT2D eigenvalue weighted by molar-refractivity contribution is 5.94. The van der Waals surface area contributed by atoms with Gasteiger partial charge in [0, 0.05) is 49.4 Å². The number of ketones is 2. The number of rotatable bonds is 4. The molecular formula is C26H32F2O7. The number of aliphatic hydroxyl groups is 1. The van der Waals surface area contributed by atoms with Gasteiger partial charge in [0.05, 0.1) is 6.10 Å². The molecule has 4 rings (SSSR count). The predicted octanol–water partition coefficient (Wildman–Crippen LogP) is 3.33. The maximum Gasteiger partial charge on any atom is 0.303 e. The molecule has 4 aliphatic carbocycles. The summed E-state index contributed by atoms with van der Waals surface area (Å²) in [7, 11) is 0. The van der Waals surface area contributed by atoms with Gasteiger partial charge in [0.25, 0.3) is 0 Å². The van der Waals surface area contributed by atoms with Crippen LogP contribution in [0.4, 0.5) is 8.78 Å². The van der Waals surface area contributed by atoms with E-state index in [1.165, 1.54) is 19.1 Å². The summed E-state index contributed by atoms with van der Waals surface area (Å²) in [6, 6.07) is 0. The Bertz CT molecular complexity index is 1070. The molecule has 4 aliphatic rings. The second-order valence-electron chi connectivity index (χ2n) is 11.1. The maximum absolute atomic E-state index is 17.3. The lowest BCUT2D eigenvalue weighted by atomic mass is 9.45. The van der Waals surface area contributed by atoms with Crippen LogP contribution in [0.3, 0.4) is 0 Å². The van der Waals surface area contributed by atoms with E-state index < -0.39 is 76.1 Å². The minimum absolute atomic E-state index is 0.0506. The zero-order valence-electron chi connectivity index (χ0n) is 20.7. The summed E-state index contributed by atoms with van der Waals surface area (Å²) in [4.78, 5) is 49.2. The zero-order chi connectivity index (χ0) is 26.1. The average molecular weight is 495 g/mol. The molecule has 7 nitrogen and oxygen atoms in total. The average Bonchev–Trinajstić information content (AvgIpc) is 2.97. The summed E-state index contributed by atoms with van der Waals surface area (Å²) in [5.41, 5.74) is -6.83. The number of hydrogen-bond acceptors (Lipinski definition) is 7. The van der Waals surface area contributed by atoms with Gasteiger partial charge >= 0.3 is 11.9 Å². The minimum atomic E-state index is -2.30. The monoisotopic (exact) mass is 494 g/mol. The Hall–Kier alpha value is -2.42. The molecule has 2 saturated carbocycles. The molecule has 0 aromatic carbocycles. The Morgan fingerprint density at radius 3 is 2.43 bits per heavy atom. The van der Waals surface area contributed by atoms with Crippen molar-refractivity contribution in [3.63, 3.8) is 0 Å². The molecular weight excluding hydrogens is 462 g/mol. The molecule has 0 aliphatic heterocycles. The first kappa shape index (κ1) is 25.7. The second-order valence-corrected chi connectivity index (χ2v) is 11.1. The van der Waals surface area contributed by atoms with Crippen molar-refractivity contribution in [2.24, 2.45) is 28.6 Å². The Balaban J connectivity index is 1.86. The molecule has 0 saturated heterocycles. The summed E-state index contributed by atoms with van der Waals surface area (Å²) in [5.74, 6) is -5.27. The summed E-state index contributed by atoms with van der Waals surface area (Å²) in [6.45, 7) is 6.53. The number of Topliss-reactive ketones (excluding diaryl/α,β-unsaturated/α-hetero) is 1. The van der Waals surface area contributed by atoms with Crippen LogP contribution in [-0.2, 0) is 28.7 Å². The number of fused-ring (bicyclic) bond motifs is 5. The van der Waals surface area contributed by atoms with E-state index in [9.17, 15) is 24.3 Å². The third kappa shape index (κ3) is 3.22. The van der Waals surface area contributed by atoms with Crippen LogP contribution in [0.2, 0.25) is 0 Å². The van der Waals surface area contributed by atoms with Gasteiger partial charge in [0.2, 0.25) is 5.78 Å². The number of hydrogen-bond donors (Lipinski definition) is 1. The summed E-state index contributed by atoms with van der Waals surface area (Å²) in [5, 5.41) is 11.4. The van der Waals surface area contributed by atoms with Crippen LogP contribution in [-0.4, -0.2) is 52.6 Å². The molecule has 9 heteroatoms. The fourth-order valence-electron chi connectivity index (χ4n) is 7.87. The van der Waals surface area contributed by atoms with Gasteiger partial charge in [-0.25, -0.2) is 8.78 Å². The van der Waals surface area contributed by atoms with Crippen molar-refractivity contribution in [3.8, 4) is 0 Å². The first-order valence-electron chi connectivity index (χ1n) is 12.0. The number of esters is 2. The molecule has 0 amide bonds. The van der Waals surface area contributed by atoms with Crippen molar-refractivity contribution in [3.05, 3.63) is 23.6 Å². The van der Waals surface area contributed by atoms with E-state index in [2.05, 4.69) is 0 Å². The third-order valence-corrected chi connectivity index (χ3v) is 9.32. The van der Waals surface area contributed by atoms with Gasteiger partial charge in [0.1, 0.15) is 5.83 Å². The van der Waals surface area contributed by atoms with Gasteiger partial charge in [-0.1, -0.05) is 19.9 Å². The molecule has 1 unspecified atom stereocenters. The van der Waals surface area contributed by atoms with Crippen LogP contribution >= 0.6 is 0 Å². The van der Waals surface area contributed by atoms with E-state index in [0.717, 1.165) is 13.8 Å². The first-order chi connectivity index (χ1) is 16.1. The van der Waals surface area contributed by atoms with Crippen molar-refractivity contribution in [2.45, 2.75) is 77.7 Å². The van der Waals surface area contributed by atoms with Crippen LogP contribution in [0.15, 0.2) is 23.6 Å². The summed E-state index contributed by atoms with van der Waals surface area (Å²) < 4.78 is 43.4. The van der Waals surface area contributed by atoms with Crippen LogP contribution in [0.5, 0.6) is 0 Å². The minimum Gasteiger partial charge on any atom is -0.458 e. The summed E-state index contributed by atoms with van der Waals surface area (Å²) in [6.07, 6.45) is 0.378. The Morgan fingerprint density at radius 2 is 1.83 bits per heavy atom. The van der Waals surface area contributed by atoms with Crippen molar-refractivity contribution in [1.29, 1.82) is 0 Å². The molecule has 0 spiro atoms. The van der Waals surface area contributed by atoms with Gasteiger partial charge in [0.15, 0.2) is 23.7 Å². The largest absolute Gasteiger partial charge is 0.458 e. The molecule has 0 bridgehead atoms. The summed E-state index contributed by atoms with van der Waals surface area (Å²) >= 11 is 0. The van der Waals surface area contributed by atoms with Crippen LogP contribution in [0.1, 0.15) is 60.3 Å². The Labute approximate surface area is 202 Å². The highest BCUT2D eigenvalue weighted by Gasteiger charge is 2.77. The quantitative estimate of drug-likeness (QED) is 0.598. The number of carbonyl (C=O) groups excluding carboxylic acids is 4. The van der Waals surface area contributed by atoms with Gasteiger partial charge in [-0.2, -0.15) is 0 Å². The number of carbonyl (C=O) groups is 4. The molecule has 0 radical (unpaired) electrons. The van der Waals surface area contributed by atoms with E-state index in [1.807, 2.05) is 0 Å². The van der Waals surface area contributed by atoms with Crippen LogP contribution < -0.4 is 0 Å². The molecule has 192 valence electrons. The number of aliphatic hydroxyl groups excluding tert-OH is 1. The molecule has 8 atom stereocenters. The van der Waals surface area contributed by atoms with E-state index in [-0.39, 0.29) is 37.0 Å². The van der Waals surface area contributed by atoms with Gasteiger partial charge in [-0.3, -0.25) is 19.2 Å². The number of ether oxygens (including phenoxy) is 2. The lowest BCUT2D eigenvalue weighted by Crippen LogP contribution is -2.70. The maximum atomic E-state index is 17.3. The molecule has 1 N–H and O–H groups in total. The highest BCUT2D eigenvalue weighted by atomic mass is 19.1. The van der Waals surface area contributed by atoms with Crippen LogP contribution in [0, 0.1) is 28.6 Å². The van der Waals surface area contributed by atoms with E-state index in [4.69, 9.17) is 9.47 Å². The van der Waals surface area contributed by atoms with Crippen LogP contribution in [0.25, 0.3) is 0 Å². The SMILES string of the molecule is CC(=O)OCC(=O)C1(OC(C)=O)[C@@H](C)C[C@H]2[C@@H]3CC(F)=C4CC(=O)C=C[C@]4(C)[C@@]3(F)[C@@H](O)C[C@@]21C. The number of alkyl halides is 1. The van der Waals surface area contributed by atoms with Crippen molar-refractivity contribution in [1.82, 2.24) is 0 Å². The number of halogens is 2. The standard InChI is InChI=1S/C26H32F2O7/c1-13-8-17-18-10-20(27)19-9-16(31)6-7-23(19,4)25(18,28)21(32)11-24(17,5)26(13,35-15(3)30)22(33)12-34-14(2)29/h6-7,13,17-18,21,32H,8-12H2,1-5H3/t13-,17-,18-,21-,23-,24-,25-,26?/m0/s1. The fraction of sp³-hybridized carbons (Fsp3) is 0.692. The van der Waals surface area contributed by atoms with Gasteiger partial charge in [-0.05, 0) is 37.3 Å². The lowest BCUT2D eigenvalue weighted by molar-refractivity contribution is -0.226. The predicted molar refractivity (Wildman–Crippen MR) is 119 cm³/mol. The van der Waals surface area contributed by atoms with Gasteiger partial charge < -0.3 is 14.6 Å². The molecule has 0 aromatic rings. The van der Waals surface area contributed by atoms with E-state index in [1.54, 1.807) is 13.8 Å². The van der Waals surface area contributed by atoms with Crippen molar-refractivity contribution >= 4 is 23.5 Å². The third-order valence-electron chi connectivity index (χ3n) is 9.32. The second kappa shape index (κ2) is 8.05. The van der Waals surface area contributed by atoms with Crippen molar-refractivity contribution < 1.29 is 42.5 Å². The smallest absolute Gasteiger partial charge is 0.303 e. The normalized spacial score (nSPS) is 44.3.